The first-order chi connectivity index (χ1) is 12.5. The van der Waals surface area contributed by atoms with Gasteiger partial charge in [-0.3, -0.25) is 0 Å². The van der Waals surface area contributed by atoms with Crippen molar-refractivity contribution in [1.29, 1.82) is 0 Å². The summed E-state index contributed by atoms with van der Waals surface area (Å²) in [5.41, 5.74) is 7.26. The summed E-state index contributed by atoms with van der Waals surface area (Å²) in [6.07, 6.45) is -0.855. The van der Waals surface area contributed by atoms with Crippen molar-refractivity contribution in [2.45, 2.75) is 24.2 Å². The van der Waals surface area contributed by atoms with Crippen molar-refractivity contribution in [3.05, 3.63) is 58.6 Å². The van der Waals surface area contributed by atoms with Gasteiger partial charge in [0.25, 0.3) is 0 Å². The molecule has 6 nitrogen and oxygen atoms in total. The predicted octanol–water partition coefficient (Wildman–Crippen LogP) is 2.95. The molecule has 2 saturated heterocycles. The summed E-state index contributed by atoms with van der Waals surface area (Å²) in [5.74, 6) is -0.584. The standard InChI is InChI=1S/C19H18ClNO5/c20-14-7-10(21)5-6-15(14)26-16-9-25-17-13(8-24-18(16)17)11-3-1-2-4-12(11)19(22)23/h1-7,13,16-18H,8-9,21H2,(H,22,23)/t13-,16+,17-,18+/m1/s1. The van der Waals surface area contributed by atoms with Crippen LogP contribution in [0.15, 0.2) is 42.5 Å². The number of hydrogen-bond acceptors (Lipinski definition) is 5. The van der Waals surface area contributed by atoms with Crippen LogP contribution in [0.4, 0.5) is 5.69 Å². The average molecular weight is 376 g/mol. The fraction of sp³-hybridized carbons (Fsp3) is 0.316. The van der Waals surface area contributed by atoms with E-state index in [1.54, 1.807) is 30.3 Å². The maximum atomic E-state index is 11.5. The van der Waals surface area contributed by atoms with Gasteiger partial charge in [-0.2, -0.15) is 0 Å². The van der Waals surface area contributed by atoms with Crippen LogP contribution in [-0.4, -0.2) is 42.6 Å². The number of carboxylic acids is 1. The highest BCUT2D eigenvalue weighted by Crippen LogP contribution is 2.40. The number of aromatic carboxylic acids is 1. The average Bonchev–Trinajstić information content (AvgIpc) is 3.20. The molecule has 3 N–H and O–H groups in total. The van der Waals surface area contributed by atoms with E-state index in [-0.39, 0.29) is 29.8 Å². The van der Waals surface area contributed by atoms with Crippen molar-refractivity contribution in [3.63, 3.8) is 0 Å². The van der Waals surface area contributed by atoms with Gasteiger partial charge in [0, 0.05) is 11.6 Å². The third-order valence-electron chi connectivity index (χ3n) is 4.83. The van der Waals surface area contributed by atoms with Crippen LogP contribution in [0.5, 0.6) is 5.75 Å². The van der Waals surface area contributed by atoms with E-state index in [9.17, 15) is 9.90 Å². The van der Waals surface area contributed by atoms with E-state index in [0.29, 0.717) is 29.7 Å². The smallest absolute Gasteiger partial charge is 0.335 e. The van der Waals surface area contributed by atoms with E-state index in [1.807, 2.05) is 12.1 Å². The molecule has 26 heavy (non-hydrogen) atoms. The second kappa shape index (κ2) is 6.79. The number of carbonyl (C=O) groups is 1. The number of ether oxygens (including phenoxy) is 3. The molecule has 2 aliphatic heterocycles. The van der Waals surface area contributed by atoms with Crippen LogP contribution >= 0.6 is 11.6 Å². The monoisotopic (exact) mass is 375 g/mol. The second-order valence-electron chi connectivity index (χ2n) is 6.44. The molecule has 0 saturated carbocycles. The molecule has 0 aliphatic carbocycles. The van der Waals surface area contributed by atoms with Gasteiger partial charge in [0.05, 0.1) is 29.9 Å². The summed E-state index contributed by atoms with van der Waals surface area (Å²) in [4.78, 5) is 11.5. The minimum atomic E-state index is -0.955. The molecule has 0 bridgehead atoms. The number of fused-ring (bicyclic) bond motifs is 1. The lowest BCUT2D eigenvalue weighted by molar-refractivity contribution is 0.0305. The third-order valence-corrected chi connectivity index (χ3v) is 5.13. The Labute approximate surface area is 155 Å². The minimum Gasteiger partial charge on any atom is -0.484 e. The number of halogens is 1. The molecule has 2 aromatic rings. The summed E-state index contributed by atoms with van der Waals surface area (Å²) in [5, 5.41) is 9.86. The first-order valence-corrected chi connectivity index (χ1v) is 8.69. The Bertz CT molecular complexity index is 842. The van der Waals surface area contributed by atoms with E-state index in [1.165, 1.54) is 0 Å². The van der Waals surface area contributed by atoms with Crippen LogP contribution in [0.2, 0.25) is 5.02 Å². The molecular formula is C19H18ClNO5. The highest BCUT2D eigenvalue weighted by atomic mass is 35.5. The molecule has 0 radical (unpaired) electrons. The van der Waals surface area contributed by atoms with Crippen molar-refractivity contribution in [2.24, 2.45) is 0 Å². The van der Waals surface area contributed by atoms with Crippen LogP contribution in [0.25, 0.3) is 0 Å². The van der Waals surface area contributed by atoms with Gasteiger partial charge in [-0.25, -0.2) is 4.79 Å². The first kappa shape index (κ1) is 17.1. The van der Waals surface area contributed by atoms with Gasteiger partial charge in [-0.15, -0.1) is 0 Å². The summed E-state index contributed by atoms with van der Waals surface area (Å²) in [6.45, 7) is 0.733. The van der Waals surface area contributed by atoms with Crippen LogP contribution in [-0.2, 0) is 9.47 Å². The molecule has 0 unspecified atom stereocenters. The maximum Gasteiger partial charge on any atom is 0.335 e. The molecule has 2 aliphatic rings. The van der Waals surface area contributed by atoms with Gasteiger partial charge in [0.15, 0.2) is 6.10 Å². The Morgan fingerprint density at radius 1 is 1.15 bits per heavy atom. The molecule has 4 atom stereocenters. The molecule has 0 spiro atoms. The summed E-state index contributed by atoms with van der Waals surface area (Å²) in [7, 11) is 0. The highest BCUT2D eigenvalue weighted by Gasteiger charge is 2.50. The minimum absolute atomic E-state index is 0.150. The van der Waals surface area contributed by atoms with Crippen molar-refractivity contribution in [1.82, 2.24) is 0 Å². The Morgan fingerprint density at radius 3 is 2.69 bits per heavy atom. The Balaban J connectivity index is 1.54. The number of anilines is 1. The van der Waals surface area contributed by atoms with Crippen LogP contribution in [0.1, 0.15) is 21.8 Å². The molecular weight excluding hydrogens is 358 g/mol. The van der Waals surface area contributed by atoms with Gasteiger partial charge in [-0.05, 0) is 29.8 Å². The largest absolute Gasteiger partial charge is 0.484 e. The zero-order valence-electron chi connectivity index (χ0n) is 13.8. The van der Waals surface area contributed by atoms with Crippen molar-refractivity contribution < 1.29 is 24.1 Å². The van der Waals surface area contributed by atoms with Gasteiger partial charge >= 0.3 is 5.97 Å². The van der Waals surface area contributed by atoms with E-state index in [4.69, 9.17) is 31.5 Å². The van der Waals surface area contributed by atoms with Crippen LogP contribution in [0, 0.1) is 0 Å². The summed E-state index contributed by atoms with van der Waals surface area (Å²) in [6, 6.07) is 12.0. The Morgan fingerprint density at radius 2 is 1.92 bits per heavy atom. The van der Waals surface area contributed by atoms with Crippen LogP contribution in [0.3, 0.4) is 0 Å². The predicted molar refractivity (Wildman–Crippen MR) is 95.9 cm³/mol. The lowest BCUT2D eigenvalue weighted by Crippen LogP contribution is -2.33. The molecule has 0 aromatic heterocycles. The van der Waals surface area contributed by atoms with Crippen molar-refractivity contribution >= 4 is 23.3 Å². The molecule has 0 amide bonds. The molecule has 136 valence electrons. The lowest BCUT2D eigenvalue weighted by atomic mass is 9.89. The fourth-order valence-corrected chi connectivity index (χ4v) is 3.86. The first-order valence-electron chi connectivity index (χ1n) is 8.31. The molecule has 4 rings (SSSR count). The van der Waals surface area contributed by atoms with E-state index >= 15 is 0 Å². The molecule has 2 heterocycles. The topological polar surface area (TPSA) is 91.0 Å². The summed E-state index contributed by atoms with van der Waals surface area (Å²) < 4.78 is 17.8. The Kier molecular flexibility index (Phi) is 4.48. The zero-order valence-corrected chi connectivity index (χ0v) is 14.6. The molecule has 2 aromatic carbocycles. The maximum absolute atomic E-state index is 11.5. The van der Waals surface area contributed by atoms with Gasteiger partial charge in [-0.1, -0.05) is 29.8 Å². The van der Waals surface area contributed by atoms with E-state index < -0.39 is 5.97 Å². The van der Waals surface area contributed by atoms with Gasteiger partial charge < -0.3 is 25.1 Å². The van der Waals surface area contributed by atoms with E-state index in [2.05, 4.69) is 0 Å². The number of hydrogen-bond donors (Lipinski definition) is 2. The molecule has 2 fully saturated rings. The number of nitrogen functional groups attached to an aromatic ring is 1. The van der Waals surface area contributed by atoms with Crippen LogP contribution < -0.4 is 10.5 Å². The SMILES string of the molecule is Nc1ccc(O[C@H]2CO[C@H]3[C@H]2OC[C@@H]3c2ccccc2C(=O)O)c(Cl)c1. The van der Waals surface area contributed by atoms with Gasteiger partial charge in [0.2, 0.25) is 0 Å². The number of rotatable bonds is 4. The van der Waals surface area contributed by atoms with Gasteiger partial charge in [0.1, 0.15) is 11.9 Å². The number of carboxylic acid groups (broad SMARTS) is 1. The van der Waals surface area contributed by atoms with Crippen molar-refractivity contribution in [3.8, 4) is 5.75 Å². The number of nitrogens with two attached hydrogens (primary N) is 1. The lowest BCUT2D eigenvalue weighted by Gasteiger charge is -2.19. The Hall–Kier alpha value is -2.28. The highest BCUT2D eigenvalue weighted by molar-refractivity contribution is 6.32. The second-order valence-corrected chi connectivity index (χ2v) is 6.85. The quantitative estimate of drug-likeness (QED) is 0.798. The summed E-state index contributed by atoms with van der Waals surface area (Å²) >= 11 is 6.18. The normalized spacial score (nSPS) is 27.3. The third kappa shape index (κ3) is 3.00. The number of benzene rings is 2. The fourth-order valence-electron chi connectivity index (χ4n) is 3.62. The zero-order chi connectivity index (χ0) is 18.3. The van der Waals surface area contributed by atoms with E-state index in [0.717, 1.165) is 5.56 Å². The van der Waals surface area contributed by atoms with Crippen molar-refractivity contribution in [2.75, 3.05) is 18.9 Å². The molecule has 7 heteroatoms.